The molecule has 0 bridgehead atoms. The molecule has 4 rings (SSSR count). The molecular weight excluding hydrogens is 328 g/mol. The van der Waals surface area contributed by atoms with Crippen LogP contribution in [0.2, 0.25) is 0 Å². The van der Waals surface area contributed by atoms with Gasteiger partial charge >= 0.3 is 0 Å². The Kier molecular flexibility index (Phi) is 4.05. The molecular formula is C21H18N2O3. The predicted molar refractivity (Wildman–Crippen MR) is 97.8 cm³/mol. The highest BCUT2D eigenvalue weighted by molar-refractivity contribution is 6.00. The summed E-state index contributed by atoms with van der Waals surface area (Å²) in [7, 11) is 0. The van der Waals surface area contributed by atoms with E-state index >= 15 is 0 Å². The van der Waals surface area contributed by atoms with Gasteiger partial charge in [0.25, 0.3) is 5.91 Å². The Morgan fingerprint density at radius 2 is 1.92 bits per heavy atom. The van der Waals surface area contributed by atoms with Crippen molar-refractivity contribution in [3.8, 4) is 0 Å². The molecule has 2 heterocycles. The van der Waals surface area contributed by atoms with Crippen molar-refractivity contribution in [3.63, 3.8) is 0 Å². The number of carbonyl (C=O) groups is 2. The number of aryl methyl sites for hydroxylation is 1. The number of anilines is 1. The summed E-state index contributed by atoms with van der Waals surface area (Å²) in [6.45, 7) is 1.94. The number of nitrogens with zero attached hydrogens (tertiary/aromatic N) is 1. The maximum Gasteiger partial charge on any atom is 0.290 e. The molecule has 0 saturated heterocycles. The zero-order valence-electron chi connectivity index (χ0n) is 14.3. The Labute approximate surface area is 151 Å². The Morgan fingerprint density at radius 1 is 1.12 bits per heavy atom. The first-order chi connectivity index (χ1) is 12.6. The van der Waals surface area contributed by atoms with Crippen LogP contribution < -0.4 is 5.32 Å². The fourth-order valence-electron chi connectivity index (χ4n) is 3.35. The third-order valence-corrected chi connectivity index (χ3v) is 4.51. The molecule has 26 heavy (non-hydrogen) atoms. The summed E-state index contributed by atoms with van der Waals surface area (Å²) in [6.07, 6.45) is 1.46. The van der Waals surface area contributed by atoms with Gasteiger partial charge in [0.05, 0.1) is 12.3 Å². The van der Waals surface area contributed by atoms with Crippen LogP contribution in [0.3, 0.4) is 0 Å². The SMILES string of the molecule is Cc1ccc2c(c1)[C@@H](c1ccccc1)N(C(=O)c1ccco1)CC(=O)N2. The highest BCUT2D eigenvalue weighted by Crippen LogP contribution is 2.37. The standard InChI is InChI=1S/C21H18N2O3/c1-14-9-10-17-16(12-14)20(15-6-3-2-4-7-15)23(13-19(24)22-17)21(25)18-8-5-11-26-18/h2-12,20H,13H2,1H3,(H,22,24)/t20-/m1/s1. The Balaban J connectivity index is 1.90. The normalized spacial score (nSPS) is 16.6. The monoisotopic (exact) mass is 346 g/mol. The van der Waals surface area contributed by atoms with Gasteiger partial charge in [0.15, 0.2) is 5.76 Å². The van der Waals surface area contributed by atoms with E-state index < -0.39 is 0 Å². The summed E-state index contributed by atoms with van der Waals surface area (Å²) in [5, 5.41) is 2.92. The molecule has 1 aromatic heterocycles. The average Bonchev–Trinajstić information content (AvgIpc) is 3.13. The molecule has 1 aliphatic heterocycles. The predicted octanol–water partition coefficient (Wildman–Crippen LogP) is 3.77. The van der Waals surface area contributed by atoms with Crippen molar-refractivity contribution in [1.82, 2.24) is 4.90 Å². The van der Waals surface area contributed by atoms with E-state index in [0.717, 1.165) is 22.4 Å². The lowest BCUT2D eigenvalue weighted by Crippen LogP contribution is -2.38. The van der Waals surface area contributed by atoms with Crippen molar-refractivity contribution in [2.24, 2.45) is 0 Å². The van der Waals surface area contributed by atoms with Gasteiger partial charge in [-0.1, -0.05) is 48.0 Å². The molecule has 2 amide bonds. The molecule has 0 radical (unpaired) electrons. The molecule has 3 aromatic rings. The summed E-state index contributed by atoms with van der Waals surface area (Å²) < 4.78 is 5.30. The van der Waals surface area contributed by atoms with Gasteiger partial charge in [-0.05, 0) is 30.7 Å². The average molecular weight is 346 g/mol. The minimum atomic E-state index is -0.386. The van der Waals surface area contributed by atoms with Crippen molar-refractivity contribution in [2.75, 3.05) is 11.9 Å². The van der Waals surface area contributed by atoms with E-state index in [0.29, 0.717) is 0 Å². The molecule has 1 N–H and O–H groups in total. The van der Waals surface area contributed by atoms with Crippen LogP contribution >= 0.6 is 0 Å². The van der Waals surface area contributed by atoms with E-state index in [1.807, 2.05) is 55.5 Å². The second kappa shape index (κ2) is 6.52. The van der Waals surface area contributed by atoms with Gasteiger partial charge in [-0.25, -0.2) is 0 Å². The lowest BCUT2D eigenvalue weighted by Gasteiger charge is -2.30. The zero-order valence-corrected chi connectivity index (χ0v) is 14.3. The van der Waals surface area contributed by atoms with Gasteiger partial charge in [-0.15, -0.1) is 0 Å². The van der Waals surface area contributed by atoms with Gasteiger partial charge < -0.3 is 14.6 Å². The topological polar surface area (TPSA) is 62.6 Å². The molecule has 0 unspecified atom stereocenters. The lowest BCUT2D eigenvalue weighted by molar-refractivity contribution is -0.117. The van der Waals surface area contributed by atoms with Crippen LogP contribution in [0.1, 0.15) is 33.3 Å². The van der Waals surface area contributed by atoms with Crippen molar-refractivity contribution in [3.05, 3.63) is 89.4 Å². The van der Waals surface area contributed by atoms with Crippen molar-refractivity contribution in [2.45, 2.75) is 13.0 Å². The van der Waals surface area contributed by atoms with Gasteiger partial charge in [0.2, 0.25) is 5.91 Å². The molecule has 0 spiro atoms. The van der Waals surface area contributed by atoms with E-state index in [9.17, 15) is 9.59 Å². The second-order valence-corrected chi connectivity index (χ2v) is 6.36. The highest BCUT2D eigenvalue weighted by atomic mass is 16.3. The maximum absolute atomic E-state index is 13.1. The van der Waals surface area contributed by atoms with E-state index in [4.69, 9.17) is 4.42 Å². The number of rotatable bonds is 2. The number of hydrogen-bond acceptors (Lipinski definition) is 3. The van der Waals surface area contributed by atoms with Crippen LogP contribution in [-0.4, -0.2) is 23.3 Å². The summed E-state index contributed by atoms with van der Waals surface area (Å²) >= 11 is 0. The third-order valence-electron chi connectivity index (χ3n) is 4.51. The van der Waals surface area contributed by atoms with Crippen LogP contribution in [0.5, 0.6) is 0 Å². The largest absolute Gasteiger partial charge is 0.459 e. The molecule has 130 valence electrons. The summed E-state index contributed by atoms with van der Waals surface area (Å²) in [4.78, 5) is 27.1. The van der Waals surface area contributed by atoms with E-state index in [1.165, 1.54) is 6.26 Å². The van der Waals surface area contributed by atoms with Crippen molar-refractivity contribution < 1.29 is 14.0 Å². The van der Waals surface area contributed by atoms with Crippen molar-refractivity contribution in [1.29, 1.82) is 0 Å². The van der Waals surface area contributed by atoms with E-state index in [-0.39, 0.29) is 30.2 Å². The fourth-order valence-corrected chi connectivity index (χ4v) is 3.35. The first kappa shape index (κ1) is 16.1. The number of carbonyl (C=O) groups excluding carboxylic acids is 2. The zero-order chi connectivity index (χ0) is 18.1. The minimum Gasteiger partial charge on any atom is -0.459 e. The van der Waals surface area contributed by atoms with Gasteiger partial charge in [-0.2, -0.15) is 0 Å². The number of amides is 2. The number of benzene rings is 2. The molecule has 5 nitrogen and oxygen atoms in total. The Bertz CT molecular complexity index is 949. The molecule has 1 atom stereocenters. The number of hydrogen-bond donors (Lipinski definition) is 1. The van der Waals surface area contributed by atoms with Crippen LogP contribution in [0.15, 0.2) is 71.3 Å². The minimum absolute atomic E-state index is 0.0488. The third kappa shape index (κ3) is 2.88. The lowest BCUT2D eigenvalue weighted by atomic mass is 9.94. The molecule has 0 aliphatic carbocycles. The molecule has 5 heteroatoms. The molecule has 0 fully saturated rings. The van der Waals surface area contributed by atoms with E-state index in [2.05, 4.69) is 5.32 Å². The number of nitrogens with one attached hydrogen (secondary N) is 1. The van der Waals surface area contributed by atoms with Gasteiger partial charge in [0, 0.05) is 11.3 Å². The van der Waals surface area contributed by atoms with Crippen LogP contribution in [0, 0.1) is 6.92 Å². The van der Waals surface area contributed by atoms with Crippen molar-refractivity contribution >= 4 is 17.5 Å². The van der Waals surface area contributed by atoms with E-state index in [1.54, 1.807) is 17.0 Å². The van der Waals surface area contributed by atoms with Crippen LogP contribution in [0.25, 0.3) is 0 Å². The van der Waals surface area contributed by atoms with Gasteiger partial charge in [0.1, 0.15) is 6.54 Å². The fraction of sp³-hybridized carbons (Fsp3) is 0.143. The molecule has 2 aromatic carbocycles. The Morgan fingerprint density at radius 3 is 2.65 bits per heavy atom. The highest BCUT2D eigenvalue weighted by Gasteiger charge is 2.34. The number of fused-ring (bicyclic) bond motifs is 1. The summed E-state index contributed by atoms with van der Waals surface area (Å²) in [5.41, 5.74) is 3.62. The second-order valence-electron chi connectivity index (χ2n) is 6.36. The quantitative estimate of drug-likeness (QED) is 0.768. The Hall–Kier alpha value is -3.34. The van der Waals surface area contributed by atoms with Crippen LogP contribution in [-0.2, 0) is 4.79 Å². The smallest absolute Gasteiger partial charge is 0.290 e. The molecule has 1 aliphatic rings. The number of furan rings is 1. The first-order valence-electron chi connectivity index (χ1n) is 8.43. The molecule has 0 saturated carbocycles. The summed E-state index contributed by atoms with van der Waals surface area (Å²) in [6, 6.07) is 18.5. The summed E-state index contributed by atoms with van der Waals surface area (Å²) in [5.74, 6) is -0.323. The van der Waals surface area contributed by atoms with Crippen LogP contribution in [0.4, 0.5) is 5.69 Å². The van der Waals surface area contributed by atoms with Gasteiger partial charge in [-0.3, -0.25) is 9.59 Å². The first-order valence-corrected chi connectivity index (χ1v) is 8.43. The maximum atomic E-state index is 13.1.